The highest BCUT2D eigenvalue weighted by Gasteiger charge is 2.36. The molecule has 1 aromatic heterocycles. The van der Waals surface area contributed by atoms with Gasteiger partial charge in [0.15, 0.2) is 0 Å². The average Bonchev–Trinajstić information content (AvgIpc) is 2.53. The van der Waals surface area contributed by atoms with Crippen molar-refractivity contribution < 1.29 is 14.6 Å². The average molecular weight is 294 g/mol. The maximum absolute atomic E-state index is 12.5. The molecule has 0 bridgehead atoms. The highest BCUT2D eigenvalue weighted by atomic mass is 16.5. The Kier molecular flexibility index (Phi) is 5.14. The van der Waals surface area contributed by atoms with Crippen LogP contribution in [0.5, 0.6) is 0 Å². The molecule has 116 valence electrons. The zero-order valence-corrected chi connectivity index (χ0v) is 12.3. The van der Waals surface area contributed by atoms with E-state index in [1.54, 1.807) is 12.0 Å². The number of aliphatic hydroxyl groups is 1. The van der Waals surface area contributed by atoms with E-state index in [-0.39, 0.29) is 23.5 Å². The summed E-state index contributed by atoms with van der Waals surface area (Å²) in [5, 5.41) is 9.73. The number of H-pyrrole nitrogens is 1. The van der Waals surface area contributed by atoms with Crippen LogP contribution < -0.4 is 5.56 Å². The zero-order valence-electron chi connectivity index (χ0n) is 12.3. The van der Waals surface area contributed by atoms with Gasteiger partial charge in [0.25, 0.3) is 5.91 Å². The van der Waals surface area contributed by atoms with Crippen LogP contribution in [0.25, 0.3) is 0 Å². The highest BCUT2D eigenvalue weighted by molar-refractivity contribution is 5.93. The molecule has 0 aromatic carbocycles. The van der Waals surface area contributed by atoms with Gasteiger partial charge in [-0.3, -0.25) is 9.59 Å². The Bertz CT molecular complexity index is 522. The van der Waals surface area contributed by atoms with E-state index in [4.69, 9.17) is 4.74 Å². The number of hydrogen-bond donors (Lipinski definition) is 2. The number of likely N-dealkylation sites (tertiary alicyclic amines) is 1. The number of aromatic amines is 1. The highest BCUT2D eigenvalue weighted by Crippen LogP contribution is 2.33. The van der Waals surface area contributed by atoms with E-state index in [1.807, 2.05) is 0 Å². The summed E-state index contributed by atoms with van der Waals surface area (Å²) in [7, 11) is 1.64. The van der Waals surface area contributed by atoms with Gasteiger partial charge in [0.1, 0.15) is 0 Å². The maximum Gasteiger partial charge on any atom is 0.255 e. The van der Waals surface area contributed by atoms with Gasteiger partial charge in [0.2, 0.25) is 5.56 Å². The molecular formula is C15H22N2O4. The Hall–Kier alpha value is -1.66. The van der Waals surface area contributed by atoms with Crippen molar-refractivity contribution in [1.82, 2.24) is 9.88 Å². The second-order valence-corrected chi connectivity index (χ2v) is 5.67. The Morgan fingerprint density at radius 3 is 2.95 bits per heavy atom. The third-order valence-electron chi connectivity index (χ3n) is 4.15. The second-order valence-electron chi connectivity index (χ2n) is 5.67. The van der Waals surface area contributed by atoms with Crippen LogP contribution in [0.2, 0.25) is 0 Å². The zero-order chi connectivity index (χ0) is 15.3. The predicted molar refractivity (Wildman–Crippen MR) is 78.2 cm³/mol. The summed E-state index contributed by atoms with van der Waals surface area (Å²) in [5.74, 6) is -0.110. The van der Waals surface area contributed by atoms with Crippen molar-refractivity contribution in [3.63, 3.8) is 0 Å². The number of aromatic nitrogens is 1. The molecule has 1 saturated heterocycles. The number of piperidine rings is 1. The number of pyridine rings is 1. The molecule has 0 radical (unpaired) electrons. The molecule has 1 amide bonds. The smallest absolute Gasteiger partial charge is 0.255 e. The van der Waals surface area contributed by atoms with Gasteiger partial charge in [0.05, 0.1) is 12.2 Å². The molecule has 0 aliphatic carbocycles. The third kappa shape index (κ3) is 3.71. The van der Waals surface area contributed by atoms with Gasteiger partial charge in [0, 0.05) is 44.5 Å². The minimum atomic E-state index is -0.286. The number of nitrogens with one attached hydrogen (secondary N) is 1. The van der Waals surface area contributed by atoms with Gasteiger partial charge in [-0.25, -0.2) is 0 Å². The fourth-order valence-corrected chi connectivity index (χ4v) is 2.84. The van der Waals surface area contributed by atoms with Crippen molar-refractivity contribution in [3.05, 3.63) is 34.2 Å². The Labute approximate surface area is 123 Å². The summed E-state index contributed by atoms with van der Waals surface area (Å²) >= 11 is 0. The van der Waals surface area contributed by atoms with Crippen LogP contribution >= 0.6 is 0 Å². The number of aliphatic hydroxyl groups excluding tert-OH is 1. The number of hydrogen-bond acceptors (Lipinski definition) is 4. The van der Waals surface area contributed by atoms with Crippen LogP contribution in [0, 0.1) is 5.41 Å². The normalized spacial score (nSPS) is 22.3. The molecule has 21 heavy (non-hydrogen) atoms. The molecule has 1 aliphatic rings. The summed E-state index contributed by atoms with van der Waals surface area (Å²) in [4.78, 5) is 27.8. The number of methoxy groups -OCH3 is 1. The van der Waals surface area contributed by atoms with Gasteiger partial charge < -0.3 is 19.7 Å². The predicted octanol–water partition coefficient (Wildman–Crippen LogP) is 0.626. The van der Waals surface area contributed by atoms with E-state index in [1.165, 1.54) is 18.3 Å². The van der Waals surface area contributed by atoms with Crippen LogP contribution in [0.15, 0.2) is 23.1 Å². The third-order valence-corrected chi connectivity index (χ3v) is 4.15. The molecule has 2 heterocycles. The number of ether oxygens (including phenoxy) is 1. The Morgan fingerprint density at radius 2 is 2.33 bits per heavy atom. The molecule has 6 heteroatoms. The molecule has 2 rings (SSSR count). The number of carbonyl (C=O) groups excluding carboxylic acids is 1. The fraction of sp³-hybridized carbons (Fsp3) is 0.600. The first-order valence-corrected chi connectivity index (χ1v) is 7.18. The van der Waals surface area contributed by atoms with Crippen LogP contribution in [0.4, 0.5) is 0 Å². The fourth-order valence-electron chi connectivity index (χ4n) is 2.84. The Balaban J connectivity index is 2.10. The van der Waals surface area contributed by atoms with Crippen molar-refractivity contribution in [2.75, 3.05) is 33.4 Å². The van der Waals surface area contributed by atoms with E-state index in [0.29, 0.717) is 25.3 Å². The van der Waals surface area contributed by atoms with Gasteiger partial charge in [-0.15, -0.1) is 0 Å². The van der Waals surface area contributed by atoms with E-state index < -0.39 is 0 Å². The summed E-state index contributed by atoms with van der Waals surface area (Å²) < 4.78 is 5.11. The van der Waals surface area contributed by atoms with Crippen molar-refractivity contribution in [1.29, 1.82) is 0 Å². The topological polar surface area (TPSA) is 82.6 Å². The SMILES string of the molecule is COCC[C@]1(CO)CCCN(C(=O)c2ccc(=O)[nH]c2)C1. The van der Waals surface area contributed by atoms with E-state index in [2.05, 4.69) is 4.98 Å². The first kappa shape index (κ1) is 15.7. The van der Waals surface area contributed by atoms with Gasteiger partial charge in [-0.1, -0.05) is 0 Å². The van der Waals surface area contributed by atoms with Crippen molar-refractivity contribution in [2.45, 2.75) is 19.3 Å². The number of nitrogens with zero attached hydrogens (tertiary/aromatic N) is 1. The summed E-state index contributed by atoms with van der Waals surface area (Å²) in [6, 6.07) is 2.88. The largest absolute Gasteiger partial charge is 0.396 e. The van der Waals surface area contributed by atoms with E-state index in [9.17, 15) is 14.7 Å². The van der Waals surface area contributed by atoms with Crippen molar-refractivity contribution in [3.8, 4) is 0 Å². The minimum absolute atomic E-state index is 0.0474. The summed E-state index contributed by atoms with van der Waals surface area (Å²) in [5.41, 5.74) is -0.0448. The van der Waals surface area contributed by atoms with Crippen molar-refractivity contribution in [2.24, 2.45) is 5.41 Å². The Morgan fingerprint density at radius 1 is 1.52 bits per heavy atom. The molecule has 2 N–H and O–H groups in total. The molecule has 0 spiro atoms. The molecule has 6 nitrogen and oxygen atoms in total. The lowest BCUT2D eigenvalue weighted by Crippen LogP contribution is -2.48. The molecule has 1 aliphatic heterocycles. The van der Waals surface area contributed by atoms with Crippen LogP contribution in [0.1, 0.15) is 29.6 Å². The van der Waals surface area contributed by atoms with Crippen LogP contribution in [-0.2, 0) is 4.74 Å². The quantitative estimate of drug-likeness (QED) is 0.834. The first-order valence-electron chi connectivity index (χ1n) is 7.18. The van der Waals surface area contributed by atoms with Gasteiger partial charge >= 0.3 is 0 Å². The van der Waals surface area contributed by atoms with Crippen LogP contribution in [0.3, 0.4) is 0 Å². The van der Waals surface area contributed by atoms with E-state index in [0.717, 1.165) is 19.3 Å². The molecule has 1 aromatic rings. The van der Waals surface area contributed by atoms with Crippen LogP contribution in [-0.4, -0.2) is 54.3 Å². The monoisotopic (exact) mass is 294 g/mol. The first-order chi connectivity index (χ1) is 10.1. The van der Waals surface area contributed by atoms with Gasteiger partial charge in [-0.2, -0.15) is 0 Å². The summed E-state index contributed by atoms with van der Waals surface area (Å²) in [6.45, 7) is 1.81. The van der Waals surface area contributed by atoms with Gasteiger partial charge in [-0.05, 0) is 25.3 Å². The number of amides is 1. The van der Waals surface area contributed by atoms with E-state index >= 15 is 0 Å². The number of carbonyl (C=O) groups is 1. The minimum Gasteiger partial charge on any atom is -0.396 e. The second kappa shape index (κ2) is 6.87. The number of rotatable bonds is 5. The lowest BCUT2D eigenvalue weighted by atomic mass is 9.78. The van der Waals surface area contributed by atoms with Crippen molar-refractivity contribution >= 4 is 5.91 Å². The molecule has 0 saturated carbocycles. The lowest BCUT2D eigenvalue weighted by molar-refractivity contribution is 0.00896. The molecule has 1 fully saturated rings. The standard InChI is InChI=1S/C15H22N2O4/c1-21-8-6-15(11-18)5-2-7-17(10-15)14(20)12-3-4-13(19)16-9-12/h3-4,9,18H,2,5-8,10-11H2,1H3,(H,16,19)/t15-/m1/s1. The molecular weight excluding hydrogens is 272 g/mol. The molecule has 0 unspecified atom stereocenters. The lowest BCUT2D eigenvalue weighted by Gasteiger charge is -2.41. The molecule has 1 atom stereocenters. The maximum atomic E-state index is 12.5. The summed E-state index contributed by atoms with van der Waals surface area (Å²) in [6.07, 6.45) is 3.92.